The van der Waals surface area contributed by atoms with Crippen molar-refractivity contribution in [2.24, 2.45) is 11.7 Å². The topological polar surface area (TPSA) is 98.9 Å². The Kier molecular flexibility index (Phi) is 7.36. The number of benzene rings is 1. The van der Waals surface area contributed by atoms with Gasteiger partial charge in [0.15, 0.2) is 21.3 Å². The van der Waals surface area contributed by atoms with Crippen LogP contribution in [0.3, 0.4) is 0 Å². The summed E-state index contributed by atoms with van der Waals surface area (Å²) in [6, 6.07) is 4.72. The van der Waals surface area contributed by atoms with Crippen molar-refractivity contribution < 1.29 is 22.7 Å². The first-order valence-electron chi connectivity index (χ1n) is 9.02. The first-order valence-corrected chi connectivity index (χ1v) is 10.7. The van der Waals surface area contributed by atoms with Crippen molar-refractivity contribution in [3.63, 3.8) is 0 Å². The molecule has 3 rings (SSSR count). The lowest BCUT2D eigenvalue weighted by atomic mass is 10.1. The third-order valence-electron chi connectivity index (χ3n) is 4.98. The summed E-state index contributed by atoms with van der Waals surface area (Å²) in [6.07, 6.45) is 1.60. The maximum Gasteiger partial charge on any atom is 0.223 e. The molecule has 1 aromatic carbocycles. The molecule has 7 nitrogen and oxygen atoms in total. The number of likely N-dealkylation sites (tertiary alicyclic amines) is 1. The van der Waals surface area contributed by atoms with Crippen molar-refractivity contribution >= 4 is 28.2 Å². The molecule has 1 saturated heterocycles. The molecule has 0 aromatic heterocycles. The Hall–Kier alpha value is -1.51. The van der Waals surface area contributed by atoms with Crippen LogP contribution < -0.4 is 15.2 Å². The van der Waals surface area contributed by atoms with Crippen LogP contribution in [-0.2, 0) is 14.6 Å². The number of carbonyl (C=O) groups is 1. The number of nitrogens with two attached hydrogens (primary N) is 1. The molecule has 1 amide bonds. The van der Waals surface area contributed by atoms with Crippen LogP contribution >= 0.6 is 12.4 Å². The van der Waals surface area contributed by atoms with Gasteiger partial charge in [0.05, 0.1) is 23.9 Å². The summed E-state index contributed by atoms with van der Waals surface area (Å²) in [5.74, 6) is 0.936. The molecule has 0 saturated carbocycles. The van der Waals surface area contributed by atoms with E-state index in [-0.39, 0.29) is 41.4 Å². The zero-order valence-electron chi connectivity index (χ0n) is 15.4. The van der Waals surface area contributed by atoms with Gasteiger partial charge in [0.25, 0.3) is 0 Å². The van der Waals surface area contributed by atoms with E-state index in [2.05, 4.69) is 0 Å². The van der Waals surface area contributed by atoms with E-state index < -0.39 is 9.84 Å². The van der Waals surface area contributed by atoms with Gasteiger partial charge in [0.2, 0.25) is 5.91 Å². The van der Waals surface area contributed by atoms with E-state index in [9.17, 15) is 13.2 Å². The highest BCUT2D eigenvalue weighted by Gasteiger charge is 2.32. The van der Waals surface area contributed by atoms with Crippen molar-refractivity contribution in [1.82, 2.24) is 4.90 Å². The van der Waals surface area contributed by atoms with E-state index in [0.29, 0.717) is 43.7 Å². The fourth-order valence-electron chi connectivity index (χ4n) is 3.48. The quantitative estimate of drug-likeness (QED) is 0.780. The molecule has 0 bridgehead atoms. The van der Waals surface area contributed by atoms with Crippen molar-refractivity contribution in [2.75, 3.05) is 32.1 Å². The summed E-state index contributed by atoms with van der Waals surface area (Å²) in [5, 5.41) is 0. The second-order valence-electron chi connectivity index (χ2n) is 6.96. The van der Waals surface area contributed by atoms with Crippen LogP contribution in [0.5, 0.6) is 11.5 Å². The monoisotopic (exact) mass is 418 g/mol. The summed E-state index contributed by atoms with van der Waals surface area (Å²) in [7, 11) is -3.57. The fourth-order valence-corrected chi connectivity index (χ4v) is 4.72. The van der Waals surface area contributed by atoms with Crippen LogP contribution in [0.2, 0.25) is 0 Å². The number of carbonyl (C=O) groups excluding carboxylic acids is 1. The molecule has 9 heteroatoms. The van der Waals surface area contributed by atoms with Gasteiger partial charge in [0, 0.05) is 31.5 Å². The average molecular weight is 419 g/mol. The molecular formula is C18H27ClN2O5S. The van der Waals surface area contributed by atoms with Crippen LogP contribution in [0.4, 0.5) is 0 Å². The van der Waals surface area contributed by atoms with Gasteiger partial charge < -0.3 is 20.1 Å². The van der Waals surface area contributed by atoms with Crippen molar-refractivity contribution in [3.05, 3.63) is 18.2 Å². The smallest absolute Gasteiger partial charge is 0.223 e. The molecule has 2 aliphatic heterocycles. The molecule has 0 spiro atoms. The molecule has 2 N–H and O–H groups in total. The lowest BCUT2D eigenvalue weighted by Crippen LogP contribution is -2.35. The summed E-state index contributed by atoms with van der Waals surface area (Å²) in [5.41, 5.74) is 5.69. The molecule has 0 radical (unpaired) electrons. The van der Waals surface area contributed by atoms with Gasteiger partial charge in [-0.2, -0.15) is 0 Å². The summed E-state index contributed by atoms with van der Waals surface area (Å²) >= 11 is 0. The van der Waals surface area contributed by atoms with Gasteiger partial charge in [-0.15, -0.1) is 12.4 Å². The zero-order valence-corrected chi connectivity index (χ0v) is 17.1. The Labute approximate surface area is 166 Å². The minimum absolute atomic E-state index is 0. The number of hydrogen-bond acceptors (Lipinski definition) is 6. The van der Waals surface area contributed by atoms with Crippen molar-refractivity contribution in [3.8, 4) is 11.5 Å². The maximum atomic E-state index is 12.6. The molecule has 1 aromatic rings. The molecule has 2 aliphatic rings. The molecule has 27 heavy (non-hydrogen) atoms. The Balaban J connectivity index is 0.00000261. The Morgan fingerprint density at radius 1 is 1.26 bits per heavy atom. The third kappa shape index (κ3) is 5.06. The number of hydrogen-bond donors (Lipinski definition) is 1. The SMILES string of the molecule is CC1CC(CN)CN1C(=O)CCS(=O)(=O)c1ccc2c(c1)OCCCO2.Cl. The largest absolute Gasteiger partial charge is 0.490 e. The number of sulfone groups is 1. The number of ether oxygens (including phenoxy) is 2. The molecule has 152 valence electrons. The second-order valence-corrected chi connectivity index (χ2v) is 9.07. The predicted octanol–water partition coefficient (Wildman–Crippen LogP) is 1.63. The zero-order chi connectivity index (χ0) is 18.7. The Morgan fingerprint density at radius 2 is 1.96 bits per heavy atom. The van der Waals surface area contributed by atoms with Crippen LogP contribution in [0.1, 0.15) is 26.2 Å². The number of rotatable bonds is 5. The average Bonchev–Trinajstić information content (AvgIpc) is 2.85. The fraction of sp³-hybridized carbons (Fsp3) is 0.611. The van der Waals surface area contributed by atoms with Crippen LogP contribution in [-0.4, -0.2) is 57.3 Å². The van der Waals surface area contributed by atoms with Gasteiger partial charge in [-0.05, 0) is 37.9 Å². The lowest BCUT2D eigenvalue weighted by Gasteiger charge is -2.21. The second kappa shape index (κ2) is 9.12. The Morgan fingerprint density at radius 3 is 2.63 bits per heavy atom. The highest BCUT2D eigenvalue weighted by atomic mass is 35.5. The van der Waals surface area contributed by atoms with Gasteiger partial charge in [-0.1, -0.05) is 0 Å². The molecule has 2 heterocycles. The van der Waals surface area contributed by atoms with Crippen LogP contribution in [0.25, 0.3) is 0 Å². The van der Waals surface area contributed by atoms with Gasteiger partial charge in [-0.3, -0.25) is 4.79 Å². The summed E-state index contributed by atoms with van der Waals surface area (Å²) in [6.45, 7) is 4.17. The minimum Gasteiger partial charge on any atom is -0.490 e. The molecule has 1 fully saturated rings. The maximum absolute atomic E-state index is 12.6. The number of halogens is 1. The normalized spacial score (nSPS) is 22.1. The highest BCUT2D eigenvalue weighted by Crippen LogP contribution is 2.32. The van der Waals surface area contributed by atoms with Crippen LogP contribution in [0, 0.1) is 5.92 Å². The highest BCUT2D eigenvalue weighted by molar-refractivity contribution is 7.91. The predicted molar refractivity (Wildman–Crippen MR) is 104 cm³/mol. The third-order valence-corrected chi connectivity index (χ3v) is 6.69. The minimum atomic E-state index is -3.57. The molecule has 2 atom stereocenters. The van der Waals surface area contributed by atoms with E-state index >= 15 is 0 Å². The van der Waals surface area contributed by atoms with Crippen molar-refractivity contribution in [1.29, 1.82) is 0 Å². The van der Waals surface area contributed by atoms with E-state index in [1.54, 1.807) is 11.0 Å². The molecular weight excluding hydrogens is 392 g/mol. The molecule has 0 aliphatic carbocycles. The number of amides is 1. The lowest BCUT2D eigenvalue weighted by molar-refractivity contribution is -0.131. The van der Waals surface area contributed by atoms with Crippen LogP contribution in [0.15, 0.2) is 23.1 Å². The van der Waals surface area contributed by atoms with Gasteiger partial charge >= 0.3 is 0 Å². The first-order chi connectivity index (χ1) is 12.4. The summed E-state index contributed by atoms with van der Waals surface area (Å²) in [4.78, 5) is 14.4. The standard InChI is InChI=1S/C18H26N2O5S.ClH/c1-13-9-14(11-19)12-20(13)18(21)5-8-26(22,23)15-3-4-16-17(10-15)25-7-2-6-24-16;/h3-4,10,13-14H,2,5-9,11-12,19H2,1H3;1H. The van der Waals surface area contributed by atoms with E-state index in [4.69, 9.17) is 15.2 Å². The van der Waals surface area contributed by atoms with Gasteiger partial charge in [0.1, 0.15) is 0 Å². The van der Waals surface area contributed by atoms with E-state index in [1.807, 2.05) is 6.92 Å². The first kappa shape index (κ1) is 21.8. The van der Waals surface area contributed by atoms with Crippen molar-refractivity contribution in [2.45, 2.75) is 37.1 Å². The number of nitrogens with zero attached hydrogens (tertiary/aromatic N) is 1. The number of fused-ring (bicyclic) bond motifs is 1. The van der Waals surface area contributed by atoms with E-state index in [1.165, 1.54) is 12.1 Å². The molecule has 2 unspecified atom stereocenters. The van der Waals surface area contributed by atoms with E-state index in [0.717, 1.165) is 12.8 Å². The van der Waals surface area contributed by atoms with Gasteiger partial charge in [-0.25, -0.2) is 8.42 Å². The Bertz CT molecular complexity index is 771. The summed E-state index contributed by atoms with van der Waals surface area (Å²) < 4.78 is 36.4.